The third kappa shape index (κ3) is 2.40. The predicted octanol–water partition coefficient (Wildman–Crippen LogP) is 0.684. The van der Waals surface area contributed by atoms with Gasteiger partial charge in [-0.15, -0.1) is 0 Å². The summed E-state index contributed by atoms with van der Waals surface area (Å²) in [4.78, 5) is 22.5. The molecule has 0 bridgehead atoms. The minimum atomic E-state index is -3.54. The molecule has 1 aromatic carbocycles. The molecule has 0 saturated carbocycles. The van der Waals surface area contributed by atoms with Gasteiger partial charge in [-0.2, -0.15) is 0 Å². The summed E-state index contributed by atoms with van der Waals surface area (Å²) >= 11 is 0. The Hall–Kier alpha value is -1.54. The second-order valence-corrected chi connectivity index (χ2v) is 8.84. The highest BCUT2D eigenvalue weighted by atomic mass is 33.1. The minimum absolute atomic E-state index is 0.220. The molecule has 106 valence electrons. The van der Waals surface area contributed by atoms with Gasteiger partial charge >= 0.3 is 6.03 Å². The molecule has 0 radical (unpaired) electrons. The smallest absolute Gasteiger partial charge is 0.276 e. The molecule has 6 nitrogen and oxygen atoms in total. The fraction of sp³-hybridized carbons (Fsp3) is 0.333. The van der Waals surface area contributed by atoms with Gasteiger partial charge in [0.05, 0.1) is 16.2 Å². The van der Waals surface area contributed by atoms with E-state index in [0.717, 1.165) is 15.4 Å². The molecule has 0 aromatic heterocycles. The lowest BCUT2D eigenvalue weighted by Gasteiger charge is -2.15. The van der Waals surface area contributed by atoms with Crippen molar-refractivity contribution in [1.82, 2.24) is 9.62 Å². The zero-order valence-electron chi connectivity index (χ0n) is 10.4. The van der Waals surface area contributed by atoms with Gasteiger partial charge in [-0.3, -0.25) is 10.1 Å². The third-order valence-electron chi connectivity index (χ3n) is 3.38. The average molecular weight is 312 g/mol. The Morgan fingerprint density at radius 1 is 1.15 bits per heavy atom. The highest BCUT2D eigenvalue weighted by Crippen LogP contribution is 2.33. The van der Waals surface area contributed by atoms with Crippen molar-refractivity contribution in [3.05, 3.63) is 35.4 Å². The van der Waals surface area contributed by atoms with Gasteiger partial charge in [0.2, 0.25) is 14.8 Å². The van der Waals surface area contributed by atoms with E-state index in [1.165, 1.54) is 0 Å². The summed E-state index contributed by atoms with van der Waals surface area (Å²) in [6.45, 7) is -0.220. The molecule has 1 N–H and O–H groups in total. The third-order valence-corrected chi connectivity index (χ3v) is 7.19. The van der Waals surface area contributed by atoms with Crippen molar-refractivity contribution in [3.63, 3.8) is 0 Å². The Balaban J connectivity index is 1.75. The molecule has 1 aromatic rings. The molecule has 20 heavy (non-hydrogen) atoms. The number of hydrogen-bond donors (Lipinski definition) is 1. The van der Waals surface area contributed by atoms with E-state index in [4.69, 9.17) is 0 Å². The van der Waals surface area contributed by atoms with Crippen molar-refractivity contribution in [3.8, 4) is 0 Å². The van der Waals surface area contributed by atoms with Crippen LogP contribution in [0.5, 0.6) is 0 Å². The number of urea groups is 1. The van der Waals surface area contributed by atoms with Crippen LogP contribution < -0.4 is 5.32 Å². The molecule has 0 atom stereocenters. The van der Waals surface area contributed by atoms with Crippen molar-refractivity contribution >= 4 is 31.8 Å². The zero-order valence-corrected chi connectivity index (χ0v) is 12.0. The number of hydrogen-bond acceptors (Lipinski definition) is 5. The first-order valence-electron chi connectivity index (χ1n) is 6.07. The summed E-state index contributed by atoms with van der Waals surface area (Å²) in [6, 6.07) is 6.93. The molecule has 3 amide bonds. The van der Waals surface area contributed by atoms with Crippen LogP contribution in [-0.2, 0) is 26.5 Å². The number of rotatable bonds is 3. The molecule has 2 aliphatic rings. The van der Waals surface area contributed by atoms with Gasteiger partial charge in [0.1, 0.15) is 6.54 Å². The lowest BCUT2D eigenvalue weighted by atomic mass is 10.1. The van der Waals surface area contributed by atoms with E-state index in [9.17, 15) is 18.0 Å². The number of imide groups is 1. The number of carbonyl (C=O) groups excluding carboxylic acids is 2. The number of nitrogens with one attached hydrogen (secondary N) is 1. The first-order valence-corrected chi connectivity index (χ1v) is 8.91. The molecular formula is C12H12N2O4S2. The SMILES string of the molecule is O=C1CN(SS(=O)(=O)C2Cc3ccccc3C2)C(=O)N1. The van der Waals surface area contributed by atoms with Gasteiger partial charge in [-0.1, -0.05) is 24.3 Å². The number of nitrogens with zero attached hydrogens (tertiary/aromatic N) is 1. The van der Waals surface area contributed by atoms with Crippen molar-refractivity contribution < 1.29 is 18.0 Å². The van der Waals surface area contributed by atoms with E-state index >= 15 is 0 Å². The fourth-order valence-corrected chi connectivity index (χ4v) is 5.70. The number of benzene rings is 1. The summed E-state index contributed by atoms with van der Waals surface area (Å²) in [5.41, 5.74) is 2.06. The molecular weight excluding hydrogens is 300 g/mol. The molecule has 1 fully saturated rings. The predicted molar refractivity (Wildman–Crippen MR) is 74.4 cm³/mol. The fourth-order valence-electron chi connectivity index (χ4n) is 2.39. The van der Waals surface area contributed by atoms with E-state index in [0.29, 0.717) is 23.8 Å². The highest BCUT2D eigenvalue weighted by molar-refractivity contribution is 8.71. The van der Waals surface area contributed by atoms with Crippen LogP contribution in [0.25, 0.3) is 0 Å². The van der Waals surface area contributed by atoms with E-state index in [1.54, 1.807) is 0 Å². The summed E-state index contributed by atoms with van der Waals surface area (Å²) in [5.74, 6) is -0.479. The van der Waals surface area contributed by atoms with Crippen LogP contribution in [0.4, 0.5) is 4.79 Å². The van der Waals surface area contributed by atoms with E-state index in [1.807, 2.05) is 24.3 Å². The maximum atomic E-state index is 12.3. The summed E-state index contributed by atoms with van der Waals surface area (Å²) in [6.07, 6.45) is 0.907. The monoisotopic (exact) mass is 312 g/mol. The van der Waals surface area contributed by atoms with Crippen molar-refractivity contribution in [1.29, 1.82) is 0 Å². The molecule has 1 aliphatic heterocycles. The zero-order chi connectivity index (χ0) is 14.3. The van der Waals surface area contributed by atoms with Gasteiger partial charge in [-0.25, -0.2) is 17.5 Å². The van der Waals surface area contributed by atoms with Crippen LogP contribution in [-0.4, -0.2) is 36.5 Å². The number of amides is 3. The highest BCUT2D eigenvalue weighted by Gasteiger charge is 2.38. The first-order chi connectivity index (χ1) is 9.45. The van der Waals surface area contributed by atoms with E-state index in [-0.39, 0.29) is 6.54 Å². The molecule has 8 heteroatoms. The minimum Gasteiger partial charge on any atom is -0.276 e. The summed E-state index contributed by atoms with van der Waals surface area (Å²) in [5, 5.41) is 1.51. The normalized spacial score (nSPS) is 19.3. The van der Waals surface area contributed by atoms with E-state index < -0.39 is 26.1 Å². The average Bonchev–Trinajstić information content (AvgIpc) is 2.93. The second kappa shape index (κ2) is 4.78. The number of fused-ring (bicyclic) bond motifs is 1. The van der Waals surface area contributed by atoms with Crippen LogP contribution in [0, 0.1) is 0 Å². The maximum Gasteiger partial charge on any atom is 0.335 e. The van der Waals surface area contributed by atoms with Crippen molar-refractivity contribution in [2.45, 2.75) is 18.1 Å². The van der Waals surface area contributed by atoms with Crippen molar-refractivity contribution in [2.75, 3.05) is 6.54 Å². The van der Waals surface area contributed by atoms with Crippen molar-refractivity contribution in [2.24, 2.45) is 0 Å². The maximum absolute atomic E-state index is 12.3. The Labute approximate surface area is 120 Å². The largest absolute Gasteiger partial charge is 0.335 e. The molecule has 3 rings (SSSR count). The Kier molecular flexibility index (Phi) is 3.21. The Morgan fingerprint density at radius 3 is 2.25 bits per heavy atom. The lowest BCUT2D eigenvalue weighted by molar-refractivity contribution is -0.118. The number of carbonyl (C=O) groups is 2. The lowest BCUT2D eigenvalue weighted by Crippen LogP contribution is -2.28. The van der Waals surface area contributed by atoms with E-state index in [2.05, 4.69) is 5.32 Å². The molecule has 1 aliphatic carbocycles. The van der Waals surface area contributed by atoms with Gasteiger partial charge < -0.3 is 0 Å². The summed E-state index contributed by atoms with van der Waals surface area (Å²) < 4.78 is 25.6. The van der Waals surface area contributed by atoms with Crippen LogP contribution in [0.1, 0.15) is 11.1 Å². The van der Waals surface area contributed by atoms with Crippen LogP contribution >= 0.6 is 11.0 Å². The van der Waals surface area contributed by atoms with Crippen LogP contribution in [0.2, 0.25) is 0 Å². The van der Waals surface area contributed by atoms with Crippen LogP contribution in [0.15, 0.2) is 24.3 Å². The van der Waals surface area contributed by atoms with Gasteiger partial charge in [-0.05, 0) is 24.0 Å². The quantitative estimate of drug-likeness (QED) is 0.504. The first kappa shape index (κ1) is 13.4. The van der Waals surface area contributed by atoms with Crippen LogP contribution in [0.3, 0.4) is 0 Å². The molecule has 1 saturated heterocycles. The standard InChI is InChI=1S/C12H12N2O4S2/c15-11-7-14(12(16)13-11)19-20(17,18)10-5-8-3-1-2-4-9(8)6-10/h1-4,10H,5-7H2,(H,13,15,16). The van der Waals surface area contributed by atoms with Gasteiger partial charge in [0, 0.05) is 0 Å². The Morgan fingerprint density at radius 2 is 1.75 bits per heavy atom. The topological polar surface area (TPSA) is 83.6 Å². The Bertz CT molecular complexity index is 661. The second-order valence-electron chi connectivity index (χ2n) is 4.76. The van der Waals surface area contributed by atoms with Gasteiger partial charge in [0.25, 0.3) is 0 Å². The molecule has 0 spiro atoms. The molecule has 0 unspecified atom stereocenters. The van der Waals surface area contributed by atoms with Gasteiger partial charge in [0.15, 0.2) is 0 Å². The summed E-state index contributed by atoms with van der Waals surface area (Å²) in [7, 11) is -3.08. The molecule has 1 heterocycles.